The normalized spacial score (nSPS) is 11.0. The molecule has 0 unspecified atom stereocenters. The smallest absolute Gasteiger partial charge is 0.123 e. The van der Waals surface area contributed by atoms with Gasteiger partial charge in [0.25, 0.3) is 0 Å². The summed E-state index contributed by atoms with van der Waals surface area (Å²) in [5.74, 6) is 1.47. The van der Waals surface area contributed by atoms with Gasteiger partial charge in [0.05, 0.1) is 7.11 Å². The van der Waals surface area contributed by atoms with Crippen LogP contribution in [0.3, 0.4) is 0 Å². The molecule has 1 N–H and O–H groups in total. The number of hydrogen-bond acceptors (Lipinski definition) is 3. The molecule has 0 saturated heterocycles. The van der Waals surface area contributed by atoms with Crippen LogP contribution in [0, 0.1) is 5.92 Å². The van der Waals surface area contributed by atoms with E-state index >= 15 is 0 Å². The third-order valence-corrected chi connectivity index (χ3v) is 2.89. The summed E-state index contributed by atoms with van der Waals surface area (Å²) in [6.07, 6.45) is 1.01. The van der Waals surface area contributed by atoms with E-state index in [0.29, 0.717) is 5.92 Å². The maximum absolute atomic E-state index is 5.98. The fourth-order valence-electron chi connectivity index (χ4n) is 1.73. The SMILES string of the molecule is COc1ccc(Cl)cc1CNCCCOCC(C)C. The Morgan fingerprint density at radius 1 is 1.32 bits per heavy atom. The van der Waals surface area contributed by atoms with Crippen molar-refractivity contribution in [2.75, 3.05) is 26.9 Å². The zero-order chi connectivity index (χ0) is 14.1. The van der Waals surface area contributed by atoms with Crippen LogP contribution in [0.4, 0.5) is 0 Å². The molecule has 0 radical (unpaired) electrons. The lowest BCUT2D eigenvalue weighted by molar-refractivity contribution is 0.108. The Labute approximate surface area is 121 Å². The predicted molar refractivity (Wildman–Crippen MR) is 80.0 cm³/mol. The molecule has 1 aromatic carbocycles. The highest BCUT2D eigenvalue weighted by Crippen LogP contribution is 2.22. The fraction of sp³-hybridized carbons (Fsp3) is 0.600. The number of rotatable bonds is 9. The van der Waals surface area contributed by atoms with Crippen LogP contribution < -0.4 is 10.1 Å². The molecule has 0 aliphatic rings. The molecule has 0 aliphatic heterocycles. The van der Waals surface area contributed by atoms with Gasteiger partial charge in [0.2, 0.25) is 0 Å². The number of hydrogen-bond donors (Lipinski definition) is 1. The molecule has 3 nitrogen and oxygen atoms in total. The van der Waals surface area contributed by atoms with Crippen LogP contribution in [0.5, 0.6) is 5.75 Å². The van der Waals surface area contributed by atoms with Crippen molar-refractivity contribution in [2.24, 2.45) is 5.92 Å². The van der Waals surface area contributed by atoms with Crippen molar-refractivity contribution in [1.82, 2.24) is 5.32 Å². The monoisotopic (exact) mass is 285 g/mol. The second-order valence-electron chi connectivity index (χ2n) is 4.96. The maximum atomic E-state index is 5.98. The third kappa shape index (κ3) is 6.81. The number of benzene rings is 1. The quantitative estimate of drug-likeness (QED) is 0.705. The van der Waals surface area contributed by atoms with Gasteiger partial charge < -0.3 is 14.8 Å². The average Bonchev–Trinajstić information content (AvgIpc) is 2.37. The summed E-state index contributed by atoms with van der Waals surface area (Å²) in [5, 5.41) is 4.11. The summed E-state index contributed by atoms with van der Waals surface area (Å²) in [5.41, 5.74) is 1.08. The van der Waals surface area contributed by atoms with Crippen molar-refractivity contribution < 1.29 is 9.47 Å². The van der Waals surface area contributed by atoms with Crippen LogP contribution in [0.25, 0.3) is 0 Å². The van der Waals surface area contributed by atoms with E-state index in [1.165, 1.54) is 0 Å². The summed E-state index contributed by atoms with van der Waals surface area (Å²) < 4.78 is 10.8. The highest BCUT2D eigenvalue weighted by Gasteiger charge is 2.03. The molecule has 1 aromatic rings. The Bertz CT molecular complexity index is 369. The van der Waals surface area contributed by atoms with Crippen molar-refractivity contribution >= 4 is 11.6 Å². The van der Waals surface area contributed by atoms with E-state index in [0.717, 1.165) is 49.1 Å². The fourth-order valence-corrected chi connectivity index (χ4v) is 1.92. The van der Waals surface area contributed by atoms with Crippen LogP contribution in [-0.4, -0.2) is 26.9 Å². The Morgan fingerprint density at radius 3 is 2.79 bits per heavy atom. The standard InChI is InChI=1S/C15H24ClNO2/c1-12(2)11-19-8-4-7-17-10-13-9-14(16)5-6-15(13)18-3/h5-6,9,12,17H,4,7-8,10-11H2,1-3H3. The molecule has 1 rings (SSSR count). The van der Waals surface area contributed by atoms with Gasteiger partial charge in [0.15, 0.2) is 0 Å². The van der Waals surface area contributed by atoms with E-state index in [1.807, 2.05) is 18.2 Å². The van der Waals surface area contributed by atoms with Crippen molar-refractivity contribution in [1.29, 1.82) is 0 Å². The van der Waals surface area contributed by atoms with Gasteiger partial charge in [-0.2, -0.15) is 0 Å². The first kappa shape index (κ1) is 16.3. The van der Waals surface area contributed by atoms with Crippen LogP contribution in [0.1, 0.15) is 25.8 Å². The maximum Gasteiger partial charge on any atom is 0.123 e. The lowest BCUT2D eigenvalue weighted by Gasteiger charge is -2.10. The molecule has 0 spiro atoms. The summed E-state index contributed by atoms with van der Waals surface area (Å²) >= 11 is 5.98. The van der Waals surface area contributed by atoms with Gasteiger partial charge in [0, 0.05) is 30.3 Å². The Balaban J connectivity index is 2.20. The second kappa shape index (κ2) is 9.18. The molecule has 0 fully saturated rings. The Morgan fingerprint density at radius 2 is 2.11 bits per heavy atom. The predicted octanol–water partition coefficient (Wildman–Crippen LogP) is 3.50. The largest absolute Gasteiger partial charge is 0.496 e. The van der Waals surface area contributed by atoms with E-state index in [9.17, 15) is 0 Å². The van der Waals surface area contributed by atoms with Crippen molar-refractivity contribution in [3.8, 4) is 5.75 Å². The lowest BCUT2D eigenvalue weighted by atomic mass is 10.2. The van der Waals surface area contributed by atoms with Crippen LogP contribution in [-0.2, 0) is 11.3 Å². The minimum absolute atomic E-state index is 0.601. The van der Waals surface area contributed by atoms with E-state index in [4.69, 9.17) is 21.1 Å². The second-order valence-corrected chi connectivity index (χ2v) is 5.39. The first-order valence-electron chi connectivity index (χ1n) is 6.74. The summed E-state index contributed by atoms with van der Waals surface area (Å²) in [7, 11) is 1.67. The molecule has 0 atom stereocenters. The summed E-state index contributed by atoms with van der Waals surface area (Å²) in [4.78, 5) is 0. The van der Waals surface area contributed by atoms with Gasteiger partial charge in [-0.1, -0.05) is 25.4 Å². The van der Waals surface area contributed by atoms with Crippen LogP contribution >= 0.6 is 11.6 Å². The molecule has 0 bridgehead atoms. The Hall–Kier alpha value is -0.770. The van der Waals surface area contributed by atoms with Crippen LogP contribution in [0.2, 0.25) is 5.02 Å². The van der Waals surface area contributed by atoms with E-state index in [2.05, 4.69) is 19.2 Å². The van der Waals surface area contributed by atoms with Gasteiger partial charge in [-0.05, 0) is 37.1 Å². The van der Waals surface area contributed by atoms with Gasteiger partial charge in [-0.3, -0.25) is 0 Å². The van der Waals surface area contributed by atoms with Crippen molar-refractivity contribution in [2.45, 2.75) is 26.8 Å². The first-order chi connectivity index (χ1) is 9.13. The molecule has 0 heterocycles. The zero-order valence-corrected chi connectivity index (χ0v) is 12.8. The molecule has 0 amide bonds. The molecule has 0 aromatic heterocycles. The molecule has 4 heteroatoms. The summed E-state index contributed by atoms with van der Waals surface area (Å²) in [6.45, 7) is 7.63. The number of halogens is 1. The molecular weight excluding hydrogens is 262 g/mol. The minimum Gasteiger partial charge on any atom is -0.496 e. The van der Waals surface area contributed by atoms with E-state index in [1.54, 1.807) is 7.11 Å². The van der Waals surface area contributed by atoms with Crippen molar-refractivity contribution in [3.63, 3.8) is 0 Å². The van der Waals surface area contributed by atoms with E-state index in [-0.39, 0.29) is 0 Å². The molecule has 0 saturated carbocycles. The Kier molecular flexibility index (Phi) is 7.87. The van der Waals surface area contributed by atoms with Gasteiger partial charge in [-0.15, -0.1) is 0 Å². The minimum atomic E-state index is 0.601. The molecule has 108 valence electrons. The molecule has 19 heavy (non-hydrogen) atoms. The van der Waals surface area contributed by atoms with Gasteiger partial charge in [-0.25, -0.2) is 0 Å². The number of nitrogens with one attached hydrogen (secondary N) is 1. The first-order valence-corrected chi connectivity index (χ1v) is 7.12. The van der Waals surface area contributed by atoms with Crippen LogP contribution in [0.15, 0.2) is 18.2 Å². The molecule has 0 aliphatic carbocycles. The highest BCUT2D eigenvalue weighted by atomic mass is 35.5. The third-order valence-electron chi connectivity index (χ3n) is 2.65. The number of ether oxygens (including phenoxy) is 2. The van der Waals surface area contributed by atoms with Crippen molar-refractivity contribution in [3.05, 3.63) is 28.8 Å². The topological polar surface area (TPSA) is 30.5 Å². The van der Waals surface area contributed by atoms with E-state index < -0.39 is 0 Å². The number of methoxy groups -OCH3 is 1. The average molecular weight is 286 g/mol. The highest BCUT2D eigenvalue weighted by molar-refractivity contribution is 6.30. The van der Waals surface area contributed by atoms with Gasteiger partial charge >= 0.3 is 0 Å². The lowest BCUT2D eigenvalue weighted by Crippen LogP contribution is -2.17. The van der Waals surface area contributed by atoms with Gasteiger partial charge in [0.1, 0.15) is 5.75 Å². The molecular formula is C15H24ClNO2. The zero-order valence-electron chi connectivity index (χ0n) is 12.0. The summed E-state index contributed by atoms with van der Waals surface area (Å²) in [6, 6.07) is 5.66.